The largest absolute Gasteiger partial charge is 0.394 e. The maximum absolute atomic E-state index is 13.1. The molecule has 1 aliphatic heterocycles. The number of alkyl halides is 3. The van der Waals surface area contributed by atoms with Crippen molar-refractivity contribution in [1.82, 2.24) is 9.55 Å². The monoisotopic (exact) mass is 328 g/mol. The van der Waals surface area contributed by atoms with Crippen LogP contribution in [0.3, 0.4) is 0 Å². The van der Waals surface area contributed by atoms with E-state index >= 15 is 0 Å². The van der Waals surface area contributed by atoms with Crippen LogP contribution >= 0.6 is 11.6 Å². The van der Waals surface area contributed by atoms with Crippen LogP contribution in [0.5, 0.6) is 0 Å². The first kappa shape index (κ1) is 16.0. The van der Waals surface area contributed by atoms with Gasteiger partial charge in [0.2, 0.25) is 0 Å². The summed E-state index contributed by atoms with van der Waals surface area (Å²) in [6.07, 6.45) is -5.52. The lowest BCUT2D eigenvalue weighted by molar-refractivity contribution is -0.0556. The van der Waals surface area contributed by atoms with E-state index in [1.54, 1.807) is 4.98 Å². The molecule has 0 amide bonds. The number of H-pyrrole nitrogens is 1. The van der Waals surface area contributed by atoms with Crippen molar-refractivity contribution in [3.63, 3.8) is 0 Å². The normalized spacial score (nSPS) is 29.8. The van der Waals surface area contributed by atoms with Crippen molar-refractivity contribution >= 4 is 11.6 Å². The predicted octanol–water partition coefficient (Wildman–Crippen LogP) is -1.56. The van der Waals surface area contributed by atoms with Crippen molar-refractivity contribution in [3.8, 4) is 0 Å². The van der Waals surface area contributed by atoms with E-state index in [4.69, 9.17) is 21.4 Å². The molecule has 1 fully saturated rings. The molecule has 118 valence electrons. The molecule has 8 nitrogen and oxygen atoms in total. The number of aliphatic hydroxyl groups excluding tert-OH is 3. The minimum Gasteiger partial charge on any atom is -0.394 e. The Balaban J connectivity index is 2.50. The van der Waals surface area contributed by atoms with Crippen LogP contribution in [0.1, 0.15) is 11.8 Å². The van der Waals surface area contributed by atoms with Gasteiger partial charge in [0.1, 0.15) is 23.9 Å². The number of aliphatic hydroxyl groups is 3. The van der Waals surface area contributed by atoms with Gasteiger partial charge in [-0.3, -0.25) is 14.3 Å². The summed E-state index contributed by atoms with van der Waals surface area (Å²) in [6, 6.07) is 0. The molecule has 21 heavy (non-hydrogen) atoms. The number of rotatable bonds is 3. The zero-order chi connectivity index (χ0) is 15.9. The van der Waals surface area contributed by atoms with Crippen molar-refractivity contribution in [2.24, 2.45) is 0 Å². The standard InChI is InChI=1S/C10H11ClF2N2O6/c11-10(12,13)3-1-15(9(20)14-7(3)19)8-6(18)5(17)4(2-16)21-8/h1,4-6,8,16-18H,2H2,(H,14,19,20)/t4-,5-,6-,8-/m1/s1. The molecule has 0 bridgehead atoms. The fourth-order valence-corrected chi connectivity index (χ4v) is 2.12. The van der Waals surface area contributed by atoms with Crippen molar-refractivity contribution in [2.75, 3.05) is 6.61 Å². The smallest absolute Gasteiger partial charge is 0.354 e. The Morgan fingerprint density at radius 1 is 1.38 bits per heavy atom. The van der Waals surface area contributed by atoms with Gasteiger partial charge in [0.25, 0.3) is 5.56 Å². The number of hydrogen-bond acceptors (Lipinski definition) is 6. The predicted molar refractivity (Wildman–Crippen MR) is 64.1 cm³/mol. The average molecular weight is 329 g/mol. The molecule has 1 aromatic rings. The fraction of sp³-hybridized carbons (Fsp3) is 0.600. The molecule has 2 rings (SSSR count). The summed E-state index contributed by atoms with van der Waals surface area (Å²) in [5.41, 5.74) is -3.75. The molecule has 1 aliphatic rings. The van der Waals surface area contributed by atoms with Gasteiger partial charge < -0.3 is 20.1 Å². The number of aromatic nitrogens is 2. The highest BCUT2D eigenvalue weighted by Crippen LogP contribution is 2.31. The molecule has 0 radical (unpaired) electrons. The van der Waals surface area contributed by atoms with Gasteiger partial charge in [0.05, 0.1) is 6.61 Å². The first-order valence-corrected chi connectivity index (χ1v) is 6.09. The molecule has 1 aromatic heterocycles. The number of aromatic amines is 1. The molecule has 2 heterocycles. The Morgan fingerprint density at radius 2 is 2.00 bits per heavy atom. The molecule has 0 aliphatic carbocycles. The molecule has 0 spiro atoms. The third kappa shape index (κ3) is 2.85. The van der Waals surface area contributed by atoms with E-state index < -0.39 is 53.3 Å². The second-order valence-corrected chi connectivity index (χ2v) is 4.91. The minimum absolute atomic E-state index is 0.439. The first-order chi connectivity index (χ1) is 9.66. The summed E-state index contributed by atoms with van der Waals surface area (Å²) in [4.78, 5) is 24.5. The zero-order valence-corrected chi connectivity index (χ0v) is 11.0. The van der Waals surface area contributed by atoms with Crippen LogP contribution in [0.15, 0.2) is 15.8 Å². The number of nitrogens with one attached hydrogen (secondary N) is 1. The van der Waals surface area contributed by atoms with Gasteiger partial charge in [-0.15, -0.1) is 0 Å². The van der Waals surface area contributed by atoms with E-state index in [1.165, 1.54) is 0 Å². The van der Waals surface area contributed by atoms with E-state index in [9.17, 15) is 28.6 Å². The van der Waals surface area contributed by atoms with Crippen LogP contribution in [-0.2, 0) is 10.1 Å². The number of nitrogens with zero attached hydrogens (tertiary/aromatic N) is 1. The van der Waals surface area contributed by atoms with Gasteiger partial charge in [-0.05, 0) is 11.6 Å². The molecule has 0 unspecified atom stereocenters. The molecular formula is C10H11ClF2N2O6. The van der Waals surface area contributed by atoms with Gasteiger partial charge in [-0.25, -0.2) is 4.79 Å². The van der Waals surface area contributed by atoms with Gasteiger partial charge in [-0.1, -0.05) is 0 Å². The highest BCUT2D eigenvalue weighted by molar-refractivity contribution is 6.21. The minimum atomic E-state index is -4.04. The highest BCUT2D eigenvalue weighted by atomic mass is 35.5. The molecule has 0 aromatic carbocycles. The molecular weight excluding hydrogens is 318 g/mol. The Kier molecular flexibility index (Phi) is 4.17. The number of ether oxygens (including phenoxy) is 1. The van der Waals surface area contributed by atoms with Crippen molar-refractivity contribution in [3.05, 3.63) is 32.6 Å². The molecule has 0 saturated carbocycles. The third-order valence-corrected chi connectivity index (χ3v) is 3.27. The lowest BCUT2D eigenvalue weighted by atomic mass is 10.1. The summed E-state index contributed by atoms with van der Waals surface area (Å²) in [7, 11) is 0. The van der Waals surface area contributed by atoms with Crippen LogP contribution < -0.4 is 11.2 Å². The van der Waals surface area contributed by atoms with Gasteiger partial charge in [0.15, 0.2) is 6.23 Å². The van der Waals surface area contributed by atoms with Crippen molar-refractivity contribution < 1.29 is 28.8 Å². The van der Waals surface area contributed by atoms with Crippen molar-refractivity contribution in [2.45, 2.75) is 29.9 Å². The quantitative estimate of drug-likeness (QED) is 0.497. The number of halogens is 3. The van der Waals surface area contributed by atoms with E-state index in [2.05, 4.69) is 0 Å². The molecule has 1 saturated heterocycles. The summed E-state index contributed by atoms with van der Waals surface area (Å²) in [6.45, 7) is -0.661. The second kappa shape index (κ2) is 5.46. The van der Waals surface area contributed by atoms with E-state index in [1.807, 2.05) is 0 Å². The molecule has 4 atom stereocenters. The summed E-state index contributed by atoms with van der Waals surface area (Å²) in [5, 5.41) is 24.2. The lowest BCUT2D eigenvalue weighted by Gasteiger charge is -2.18. The fourth-order valence-electron chi connectivity index (χ4n) is 1.99. The topological polar surface area (TPSA) is 125 Å². The highest BCUT2D eigenvalue weighted by Gasteiger charge is 2.44. The second-order valence-electron chi connectivity index (χ2n) is 4.44. The van der Waals surface area contributed by atoms with Crippen LogP contribution in [0, 0.1) is 0 Å². The third-order valence-electron chi connectivity index (χ3n) is 3.06. The molecule has 4 N–H and O–H groups in total. The van der Waals surface area contributed by atoms with Crippen LogP contribution in [0.2, 0.25) is 0 Å². The van der Waals surface area contributed by atoms with Crippen LogP contribution in [0.4, 0.5) is 8.78 Å². The molecule has 11 heteroatoms. The Bertz CT molecular complexity index is 642. The SMILES string of the molecule is O=c1[nH]c(=O)n([C@@H]2O[C@H](CO)[C@@H](O)[C@H]2O)cc1C(F)(F)Cl. The maximum Gasteiger partial charge on any atom is 0.354 e. The average Bonchev–Trinajstić information content (AvgIpc) is 2.65. The summed E-state index contributed by atoms with van der Waals surface area (Å²) < 4.78 is 31.6. The lowest BCUT2D eigenvalue weighted by Crippen LogP contribution is -2.40. The Morgan fingerprint density at radius 3 is 2.48 bits per heavy atom. The van der Waals surface area contributed by atoms with Crippen molar-refractivity contribution in [1.29, 1.82) is 0 Å². The maximum atomic E-state index is 13.1. The summed E-state index contributed by atoms with van der Waals surface area (Å²) >= 11 is 4.75. The van der Waals surface area contributed by atoms with Gasteiger partial charge in [0, 0.05) is 6.20 Å². The first-order valence-electron chi connectivity index (χ1n) is 5.72. The Hall–Kier alpha value is -1.33. The van der Waals surface area contributed by atoms with Gasteiger partial charge >= 0.3 is 11.1 Å². The Labute approximate surface area is 120 Å². The van der Waals surface area contributed by atoms with E-state index in [0.29, 0.717) is 10.8 Å². The summed E-state index contributed by atoms with van der Waals surface area (Å²) in [5.74, 6) is 0. The van der Waals surface area contributed by atoms with E-state index in [-0.39, 0.29) is 0 Å². The number of hydrogen-bond donors (Lipinski definition) is 4. The van der Waals surface area contributed by atoms with Crippen LogP contribution in [0.25, 0.3) is 0 Å². The van der Waals surface area contributed by atoms with Gasteiger partial charge in [-0.2, -0.15) is 8.78 Å². The van der Waals surface area contributed by atoms with Crippen LogP contribution in [-0.4, -0.2) is 49.8 Å². The van der Waals surface area contributed by atoms with E-state index in [0.717, 1.165) is 0 Å². The zero-order valence-electron chi connectivity index (χ0n) is 10.2.